The Kier molecular flexibility index (Phi) is 5.86. The van der Waals surface area contributed by atoms with Crippen LogP contribution in [0.3, 0.4) is 0 Å². The van der Waals surface area contributed by atoms with Gasteiger partial charge >= 0.3 is 0 Å². The van der Waals surface area contributed by atoms with Crippen molar-refractivity contribution >= 4 is 43.2 Å². The fraction of sp³-hybridized carbons (Fsp3) is 0.0952. The number of nitrogens with one attached hydrogen (secondary N) is 2. The van der Waals surface area contributed by atoms with Crippen LogP contribution < -0.4 is 10.0 Å². The average Bonchev–Trinajstić information content (AvgIpc) is 2.61. The van der Waals surface area contributed by atoms with E-state index in [1.54, 1.807) is 42.5 Å². The van der Waals surface area contributed by atoms with Crippen LogP contribution in [0.1, 0.15) is 21.5 Å². The third-order valence-corrected chi connectivity index (χ3v) is 5.87. The number of carbonyl (C=O) groups is 1. The molecule has 0 aliphatic rings. The van der Waals surface area contributed by atoms with Crippen molar-refractivity contribution in [2.24, 2.45) is 0 Å². The van der Waals surface area contributed by atoms with Gasteiger partial charge in [0.15, 0.2) is 0 Å². The van der Waals surface area contributed by atoms with Crippen LogP contribution in [0.15, 0.2) is 76.1 Å². The smallest absolute Gasteiger partial charge is 0.261 e. The number of benzene rings is 3. The van der Waals surface area contributed by atoms with Crippen molar-refractivity contribution in [3.8, 4) is 0 Å². The lowest BCUT2D eigenvalue weighted by atomic mass is 10.1. The predicted molar refractivity (Wildman–Crippen MR) is 115 cm³/mol. The van der Waals surface area contributed by atoms with E-state index in [4.69, 9.17) is 0 Å². The van der Waals surface area contributed by atoms with E-state index in [2.05, 4.69) is 26.0 Å². The molecule has 0 heterocycles. The second-order valence-electron chi connectivity index (χ2n) is 6.47. The molecule has 3 rings (SSSR count). The highest BCUT2D eigenvalue weighted by Crippen LogP contribution is 2.21. The summed E-state index contributed by atoms with van der Waals surface area (Å²) in [5.74, 6) is -0.273. The molecule has 0 aliphatic carbocycles. The Hall–Kier alpha value is -2.64. The molecule has 1 amide bonds. The van der Waals surface area contributed by atoms with Crippen molar-refractivity contribution in [3.05, 3.63) is 87.9 Å². The highest BCUT2D eigenvalue weighted by atomic mass is 79.9. The lowest BCUT2D eigenvalue weighted by molar-refractivity contribution is 0.102. The van der Waals surface area contributed by atoms with E-state index in [9.17, 15) is 13.2 Å². The first-order chi connectivity index (χ1) is 13.2. The van der Waals surface area contributed by atoms with Gasteiger partial charge in [-0.1, -0.05) is 28.1 Å². The summed E-state index contributed by atoms with van der Waals surface area (Å²) in [7, 11) is -3.72. The Morgan fingerprint density at radius 1 is 0.857 bits per heavy atom. The quantitative estimate of drug-likeness (QED) is 0.556. The molecule has 0 bridgehead atoms. The molecule has 0 radical (unpaired) electrons. The Balaban J connectivity index is 1.75. The maximum absolute atomic E-state index is 12.6. The van der Waals surface area contributed by atoms with Crippen molar-refractivity contribution in [1.82, 2.24) is 0 Å². The minimum absolute atomic E-state index is 0.118. The third-order valence-electron chi connectivity index (χ3n) is 3.98. The number of sulfonamides is 1. The molecule has 7 heteroatoms. The molecule has 5 nitrogen and oxygen atoms in total. The average molecular weight is 459 g/mol. The van der Waals surface area contributed by atoms with Crippen molar-refractivity contribution in [2.45, 2.75) is 18.7 Å². The zero-order valence-electron chi connectivity index (χ0n) is 15.4. The molecule has 0 atom stereocenters. The monoisotopic (exact) mass is 458 g/mol. The first-order valence-corrected chi connectivity index (χ1v) is 10.8. The first kappa shape index (κ1) is 20.1. The second kappa shape index (κ2) is 8.16. The molecule has 0 unspecified atom stereocenters. The van der Waals surface area contributed by atoms with Crippen LogP contribution in [0, 0.1) is 13.8 Å². The van der Waals surface area contributed by atoms with Crippen molar-refractivity contribution < 1.29 is 13.2 Å². The van der Waals surface area contributed by atoms with Gasteiger partial charge in [0, 0.05) is 21.4 Å². The van der Waals surface area contributed by atoms with Crippen LogP contribution >= 0.6 is 15.9 Å². The number of hydrogen-bond donors (Lipinski definition) is 2. The molecule has 0 saturated heterocycles. The van der Waals surface area contributed by atoms with Crippen LogP contribution in [0.4, 0.5) is 11.4 Å². The van der Waals surface area contributed by atoms with Crippen LogP contribution in [0.25, 0.3) is 0 Å². The molecule has 3 aromatic rings. The summed E-state index contributed by atoms with van der Waals surface area (Å²) in [5.41, 5.74) is 3.48. The van der Waals surface area contributed by atoms with Gasteiger partial charge in [0.25, 0.3) is 15.9 Å². The molecule has 0 aliphatic heterocycles. The molecule has 0 spiro atoms. The molecule has 144 valence electrons. The zero-order chi connectivity index (χ0) is 20.3. The first-order valence-electron chi connectivity index (χ1n) is 8.51. The van der Waals surface area contributed by atoms with Crippen molar-refractivity contribution in [3.63, 3.8) is 0 Å². The number of hydrogen-bond acceptors (Lipinski definition) is 3. The van der Waals surface area contributed by atoms with Gasteiger partial charge in [-0.25, -0.2) is 8.42 Å². The molecule has 2 N–H and O–H groups in total. The van der Waals surface area contributed by atoms with E-state index in [-0.39, 0.29) is 10.8 Å². The number of carbonyl (C=O) groups excluding carboxylic acids is 1. The number of halogens is 1. The summed E-state index contributed by atoms with van der Waals surface area (Å²) in [6, 6.07) is 18.6. The normalized spacial score (nSPS) is 11.1. The minimum atomic E-state index is -3.72. The lowest BCUT2D eigenvalue weighted by Crippen LogP contribution is -2.14. The summed E-state index contributed by atoms with van der Waals surface area (Å²) in [4.78, 5) is 12.4. The Morgan fingerprint density at radius 2 is 1.50 bits per heavy atom. The van der Waals surface area contributed by atoms with Gasteiger partial charge in [0.1, 0.15) is 0 Å². The Bertz CT molecular complexity index is 1110. The summed E-state index contributed by atoms with van der Waals surface area (Å²) in [5, 5.41) is 2.75. The Morgan fingerprint density at radius 3 is 2.11 bits per heavy atom. The molecular formula is C21H19BrN2O3S. The van der Waals surface area contributed by atoms with Gasteiger partial charge in [-0.2, -0.15) is 0 Å². The third kappa shape index (κ3) is 4.99. The van der Waals surface area contributed by atoms with Crippen LogP contribution in [-0.2, 0) is 10.0 Å². The van der Waals surface area contributed by atoms with E-state index >= 15 is 0 Å². The van der Waals surface area contributed by atoms with Gasteiger partial charge in [0.2, 0.25) is 0 Å². The van der Waals surface area contributed by atoms with Crippen LogP contribution in [-0.4, -0.2) is 14.3 Å². The molecule has 28 heavy (non-hydrogen) atoms. The van der Waals surface area contributed by atoms with Gasteiger partial charge in [-0.05, 0) is 79.6 Å². The molecule has 0 aromatic heterocycles. The highest BCUT2D eigenvalue weighted by molar-refractivity contribution is 9.10. The van der Waals surface area contributed by atoms with E-state index < -0.39 is 10.0 Å². The maximum Gasteiger partial charge on any atom is 0.261 e. The number of anilines is 2. The molecule has 0 saturated carbocycles. The fourth-order valence-corrected chi connectivity index (χ4v) is 4.24. The number of aryl methyl sites for hydroxylation is 2. The van der Waals surface area contributed by atoms with Gasteiger partial charge in [0.05, 0.1) is 4.90 Å². The standard InChI is InChI=1S/C21H19BrN2O3S/c1-14-10-15(2)12-19(11-14)24-28(26,27)20-8-6-18(7-9-20)23-21(25)16-4-3-5-17(22)13-16/h3-13,24H,1-2H3,(H,23,25). The SMILES string of the molecule is Cc1cc(C)cc(NS(=O)(=O)c2ccc(NC(=O)c3cccc(Br)c3)cc2)c1. The number of amides is 1. The van der Waals surface area contributed by atoms with E-state index in [1.807, 2.05) is 26.0 Å². The van der Waals surface area contributed by atoms with Gasteiger partial charge in [-0.3, -0.25) is 9.52 Å². The summed E-state index contributed by atoms with van der Waals surface area (Å²) >= 11 is 3.33. The van der Waals surface area contributed by atoms with Crippen molar-refractivity contribution in [1.29, 1.82) is 0 Å². The van der Waals surface area contributed by atoms with Crippen LogP contribution in [0.5, 0.6) is 0 Å². The molecule has 0 fully saturated rings. The van der Waals surface area contributed by atoms with E-state index in [0.29, 0.717) is 16.9 Å². The summed E-state index contributed by atoms with van der Waals surface area (Å²) in [6.07, 6.45) is 0. The van der Waals surface area contributed by atoms with Gasteiger partial charge < -0.3 is 5.32 Å². The topological polar surface area (TPSA) is 75.3 Å². The van der Waals surface area contributed by atoms with E-state index in [0.717, 1.165) is 15.6 Å². The maximum atomic E-state index is 12.6. The summed E-state index contributed by atoms with van der Waals surface area (Å²) < 4.78 is 28.6. The predicted octanol–water partition coefficient (Wildman–Crippen LogP) is 5.12. The number of rotatable bonds is 5. The second-order valence-corrected chi connectivity index (χ2v) is 9.07. The van der Waals surface area contributed by atoms with Crippen molar-refractivity contribution in [2.75, 3.05) is 10.0 Å². The molecular weight excluding hydrogens is 440 g/mol. The Labute approximate surface area is 173 Å². The van der Waals surface area contributed by atoms with Crippen LogP contribution in [0.2, 0.25) is 0 Å². The van der Waals surface area contributed by atoms with Gasteiger partial charge in [-0.15, -0.1) is 0 Å². The van der Waals surface area contributed by atoms with E-state index in [1.165, 1.54) is 12.1 Å². The minimum Gasteiger partial charge on any atom is -0.322 e. The largest absolute Gasteiger partial charge is 0.322 e. The lowest BCUT2D eigenvalue weighted by Gasteiger charge is -2.11. The highest BCUT2D eigenvalue weighted by Gasteiger charge is 2.15. The zero-order valence-corrected chi connectivity index (χ0v) is 17.8. The summed E-state index contributed by atoms with van der Waals surface area (Å²) in [6.45, 7) is 3.82. The fourth-order valence-electron chi connectivity index (χ4n) is 2.80. The molecule has 3 aromatic carbocycles.